The molecule has 1 aliphatic heterocycles. The lowest BCUT2D eigenvalue weighted by molar-refractivity contribution is 0.0879. The van der Waals surface area contributed by atoms with Gasteiger partial charge in [0.05, 0.1) is 0 Å². The molecule has 0 atom stereocenters. The molecule has 0 bridgehead atoms. The second kappa shape index (κ2) is 6.96. The first kappa shape index (κ1) is 17.4. The summed E-state index contributed by atoms with van der Waals surface area (Å²) in [6.45, 7) is 5.83. The van der Waals surface area contributed by atoms with Gasteiger partial charge in [-0.25, -0.2) is 9.67 Å². The van der Waals surface area contributed by atoms with Gasteiger partial charge in [0.15, 0.2) is 5.65 Å². The fraction of sp³-hybridized carbons (Fsp3) is 0.368. The largest absolute Gasteiger partial charge is 0.324 e. The highest BCUT2D eigenvalue weighted by molar-refractivity contribution is 5.89. The first-order chi connectivity index (χ1) is 13.1. The molecule has 0 fully saturated rings. The van der Waals surface area contributed by atoms with Crippen LogP contribution in [0.25, 0.3) is 11.0 Å². The van der Waals surface area contributed by atoms with E-state index in [1.54, 1.807) is 6.92 Å². The zero-order valence-electron chi connectivity index (χ0n) is 15.5. The summed E-state index contributed by atoms with van der Waals surface area (Å²) in [4.78, 5) is 33.6. The summed E-state index contributed by atoms with van der Waals surface area (Å²) >= 11 is 0. The van der Waals surface area contributed by atoms with Gasteiger partial charge >= 0.3 is 0 Å². The van der Waals surface area contributed by atoms with Gasteiger partial charge < -0.3 is 10.6 Å². The van der Waals surface area contributed by atoms with Gasteiger partial charge in [-0.15, -0.1) is 0 Å². The van der Waals surface area contributed by atoms with Crippen molar-refractivity contribution in [2.75, 3.05) is 11.9 Å². The van der Waals surface area contributed by atoms with Gasteiger partial charge in [0.25, 0.3) is 5.56 Å². The summed E-state index contributed by atoms with van der Waals surface area (Å²) in [7, 11) is 0. The predicted molar refractivity (Wildman–Crippen MR) is 104 cm³/mol. The summed E-state index contributed by atoms with van der Waals surface area (Å²) in [6, 6.07) is 6.18. The molecule has 2 aromatic heterocycles. The van der Waals surface area contributed by atoms with Crippen molar-refractivity contribution in [3.63, 3.8) is 0 Å². The number of aromatic nitrogens is 4. The van der Waals surface area contributed by atoms with Crippen LogP contribution in [-0.4, -0.2) is 31.8 Å². The lowest BCUT2D eigenvalue weighted by atomic mass is 10.0. The maximum atomic E-state index is 12.5. The topological polar surface area (TPSA) is 93.8 Å². The normalized spacial score (nSPS) is 13.6. The van der Waals surface area contributed by atoms with E-state index in [4.69, 9.17) is 0 Å². The SMILES string of the molecule is CCC(=O)n1c2nc(Nc3ccc4c(c3)CCNC4)ncc2c(=O)n1CC. The van der Waals surface area contributed by atoms with Crippen LogP contribution in [0.4, 0.5) is 11.6 Å². The Kier molecular flexibility index (Phi) is 4.49. The van der Waals surface area contributed by atoms with Crippen molar-refractivity contribution in [3.05, 3.63) is 45.9 Å². The first-order valence-electron chi connectivity index (χ1n) is 9.23. The van der Waals surface area contributed by atoms with E-state index in [2.05, 4.69) is 32.7 Å². The highest BCUT2D eigenvalue weighted by Crippen LogP contribution is 2.21. The number of hydrogen-bond acceptors (Lipinski definition) is 6. The number of anilines is 2. The van der Waals surface area contributed by atoms with Crippen LogP contribution >= 0.6 is 0 Å². The molecule has 27 heavy (non-hydrogen) atoms. The third kappa shape index (κ3) is 3.02. The Bertz CT molecular complexity index is 1080. The van der Waals surface area contributed by atoms with Crippen molar-refractivity contribution in [2.24, 2.45) is 0 Å². The third-order valence-corrected chi connectivity index (χ3v) is 4.86. The molecule has 3 heterocycles. The molecule has 0 spiro atoms. The second-order valence-electron chi connectivity index (χ2n) is 6.55. The molecule has 0 saturated carbocycles. The Morgan fingerprint density at radius 2 is 2.15 bits per heavy atom. The molecule has 140 valence electrons. The lowest BCUT2D eigenvalue weighted by Crippen LogP contribution is -2.26. The Hall–Kier alpha value is -3.00. The average molecular weight is 366 g/mol. The van der Waals surface area contributed by atoms with Gasteiger partial charge in [0, 0.05) is 31.4 Å². The van der Waals surface area contributed by atoms with E-state index in [-0.39, 0.29) is 17.9 Å². The van der Waals surface area contributed by atoms with E-state index in [0.29, 0.717) is 23.5 Å². The molecule has 1 aromatic carbocycles. The average Bonchev–Trinajstić information content (AvgIpc) is 2.98. The van der Waals surface area contributed by atoms with Crippen LogP contribution < -0.4 is 16.2 Å². The number of rotatable bonds is 4. The zero-order valence-corrected chi connectivity index (χ0v) is 15.5. The number of nitrogens with zero attached hydrogens (tertiary/aromatic N) is 4. The summed E-state index contributed by atoms with van der Waals surface area (Å²) in [5.41, 5.74) is 3.58. The summed E-state index contributed by atoms with van der Waals surface area (Å²) in [5.74, 6) is 0.192. The minimum atomic E-state index is -0.248. The van der Waals surface area contributed by atoms with Gasteiger partial charge in [-0.2, -0.15) is 9.67 Å². The molecule has 4 rings (SSSR count). The number of fused-ring (bicyclic) bond motifs is 2. The van der Waals surface area contributed by atoms with E-state index < -0.39 is 0 Å². The minimum absolute atomic E-state index is 0.171. The van der Waals surface area contributed by atoms with Gasteiger partial charge in [-0.3, -0.25) is 9.59 Å². The Labute approximate surface area is 156 Å². The summed E-state index contributed by atoms with van der Waals surface area (Å²) in [6.07, 6.45) is 2.75. The molecule has 0 radical (unpaired) electrons. The smallest absolute Gasteiger partial charge is 0.278 e. The highest BCUT2D eigenvalue weighted by Gasteiger charge is 2.19. The molecule has 1 aliphatic rings. The molecule has 2 N–H and O–H groups in total. The fourth-order valence-corrected chi connectivity index (χ4v) is 3.46. The molecule has 3 aromatic rings. The van der Waals surface area contributed by atoms with Gasteiger partial charge in [0.2, 0.25) is 11.9 Å². The van der Waals surface area contributed by atoms with E-state index in [1.807, 2.05) is 13.0 Å². The Balaban J connectivity index is 1.75. The first-order valence-corrected chi connectivity index (χ1v) is 9.23. The molecular formula is C19H22N6O2. The summed E-state index contributed by atoms with van der Waals surface area (Å²) < 4.78 is 2.77. The lowest BCUT2D eigenvalue weighted by Gasteiger charge is -2.18. The molecular weight excluding hydrogens is 344 g/mol. The Morgan fingerprint density at radius 1 is 1.30 bits per heavy atom. The van der Waals surface area contributed by atoms with Crippen LogP contribution in [-0.2, 0) is 19.5 Å². The number of carbonyl (C=O) groups is 1. The third-order valence-electron chi connectivity index (χ3n) is 4.86. The summed E-state index contributed by atoms with van der Waals surface area (Å²) in [5, 5.41) is 6.90. The van der Waals surface area contributed by atoms with Gasteiger partial charge in [0.1, 0.15) is 5.39 Å². The molecule has 0 unspecified atom stereocenters. The Morgan fingerprint density at radius 3 is 2.93 bits per heavy atom. The molecule has 8 heteroatoms. The van der Waals surface area contributed by atoms with Crippen LogP contribution in [0.1, 0.15) is 36.2 Å². The predicted octanol–water partition coefficient (Wildman–Crippen LogP) is 2.05. The van der Waals surface area contributed by atoms with Crippen molar-refractivity contribution < 1.29 is 4.79 Å². The highest BCUT2D eigenvalue weighted by atomic mass is 16.2. The standard InChI is InChI=1S/C19H22N6O2/c1-3-16(26)25-17-15(18(27)24(25)4-2)11-21-19(23-17)22-14-6-5-13-10-20-8-7-12(13)9-14/h5-6,9,11,20H,3-4,7-8,10H2,1-2H3,(H,21,22,23). The monoisotopic (exact) mass is 366 g/mol. The molecule has 0 amide bonds. The second-order valence-corrected chi connectivity index (χ2v) is 6.55. The number of nitrogens with one attached hydrogen (secondary N) is 2. The van der Waals surface area contributed by atoms with Crippen LogP contribution in [0.3, 0.4) is 0 Å². The van der Waals surface area contributed by atoms with E-state index in [9.17, 15) is 9.59 Å². The van der Waals surface area contributed by atoms with E-state index in [1.165, 1.54) is 26.7 Å². The fourth-order valence-electron chi connectivity index (χ4n) is 3.46. The van der Waals surface area contributed by atoms with Crippen LogP contribution in [0.5, 0.6) is 0 Å². The van der Waals surface area contributed by atoms with E-state index in [0.717, 1.165) is 25.2 Å². The molecule has 8 nitrogen and oxygen atoms in total. The maximum Gasteiger partial charge on any atom is 0.278 e. The van der Waals surface area contributed by atoms with Crippen LogP contribution in [0.15, 0.2) is 29.2 Å². The molecule has 0 saturated heterocycles. The molecule has 0 aliphatic carbocycles. The number of carbonyl (C=O) groups excluding carboxylic acids is 1. The van der Waals surface area contributed by atoms with Crippen molar-refractivity contribution in [1.82, 2.24) is 24.6 Å². The zero-order chi connectivity index (χ0) is 19.0. The van der Waals surface area contributed by atoms with Crippen molar-refractivity contribution in [1.29, 1.82) is 0 Å². The minimum Gasteiger partial charge on any atom is -0.324 e. The van der Waals surface area contributed by atoms with Crippen molar-refractivity contribution in [3.8, 4) is 0 Å². The van der Waals surface area contributed by atoms with Crippen molar-refractivity contribution in [2.45, 2.75) is 39.8 Å². The quantitative estimate of drug-likeness (QED) is 0.734. The van der Waals surface area contributed by atoms with E-state index >= 15 is 0 Å². The van der Waals surface area contributed by atoms with Gasteiger partial charge in [-0.05, 0) is 43.1 Å². The van der Waals surface area contributed by atoms with Crippen LogP contribution in [0.2, 0.25) is 0 Å². The number of hydrogen-bond donors (Lipinski definition) is 2. The number of benzene rings is 1. The van der Waals surface area contributed by atoms with Crippen LogP contribution in [0, 0.1) is 0 Å². The van der Waals surface area contributed by atoms with Crippen molar-refractivity contribution >= 4 is 28.6 Å². The maximum absolute atomic E-state index is 12.5. The van der Waals surface area contributed by atoms with Gasteiger partial charge in [-0.1, -0.05) is 13.0 Å².